The summed E-state index contributed by atoms with van der Waals surface area (Å²) < 4.78 is 3.55. The number of hydrogen-bond donors (Lipinski definition) is 1. The Balaban J connectivity index is 1.88. The number of carboxylic acids is 1. The minimum atomic E-state index is -0.961. The summed E-state index contributed by atoms with van der Waals surface area (Å²) in [6.45, 7) is 4.45. The van der Waals surface area contributed by atoms with Crippen molar-refractivity contribution in [3.63, 3.8) is 0 Å². The van der Waals surface area contributed by atoms with E-state index in [-0.39, 0.29) is 5.56 Å². The van der Waals surface area contributed by atoms with Crippen molar-refractivity contribution >= 4 is 5.97 Å². The van der Waals surface area contributed by atoms with Gasteiger partial charge in [-0.25, -0.2) is 14.5 Å². The molecule has 0 saturated carbocycles. The average Bonchev–Trinajstić information content (AvgIpc) is 3.11. The number of aryl methyl sites for hydroxylation is 4. The van der Waals surface area contributed by atoms with Gasteiger partial charge in [-0.2, -0.15) is 10.2 Å². The molecule has 7 nitrogen and oxygen atoms in total. The first-order valence-corrected chi connectivity index (χ1v) is 7.29. The highest BCUT2D eigenvalue weighted by Crippen LogP contribution is 2.13. The van der Waals surface area contributed by atoms with Crippen LogP contribution in [0.15, 0.2) is 36.5 Å². The van der Waals surface area contributed by atoms with Crippen LogP contribution >= 0.6 is 0 Å². The van der Waals surface area contributed by atoms with Crippen LogP contribution in [0, 0.1) is 13.8 Å². The molecule has 0 fully saturated rings. The van der Waals surface area contributed by atoms with E-state index in [0.717, 1.165) is 11.5 Å². The van der Waals surface area contributed by atoms with E-state index in [1.165, 1.54) is 0 Å². The first-order chi connectivity index (χ1) is 11.0. The zero-order chi connectivity index (χ0) is 16.4. The molecule has 118 valence electrons. The SMILES string of the molecule is Cc1ccn(CCc2nc(C)nn2-c2cccc(C(=O)O)c2)n1. The number of hydrogen-bond acceptors (Lipinski definition) is 4. The number of nitrogens with zero attached hydrogens (tertiary/aromatic N) is 5. The highest BCUT2D eigenvalue weighted by atomic mass is 16.4. The lowest BCUT2D eigenvalue weighted by molar-refractivity contribution is 0.0697. The van der Waals surface area contributed by atoms with Gasteiger partial charge >= 0.3 is 5.97 Å². The summed E-state index contributed by atoms with van der Waals surface area (Å²) in [5.74, 6) is 0.466. The fourth-order valence-electron chi connectivity index (χ4n) is 2.40. The van der Waals surface area contributed by atoms with E-state index in [0.29, 0.717) is 24.5 Å². The molecule has 0 aliphatic rings. The van der Waals surface area contributed by atoms with Gasteiger partial charge in [0, 0.05) is 19.2 Å². The maximum absolute atomic E-state index is 11.1. The number of aromatic carboxylic acids is 1. The van der Waals surface area contributed by atoms with Crippen LogP contribution in [0.25, 0.3) is 5.69 Å². The monoisotopic (exact) mass is 311 g/mol. The molecule has 3 aromatic rings. The summed E-state index contributed by atoms with van der Waals surface area (Å²) >= 11 is 0. The molecule has 0 spiro atoms. The van der Waals surface area contributed by atoms with Crippen molar-refractivity contribution in [2.24, 2.45) is 0 Å². The maximum Gasteiger partial charge on any atom is 0.335 e. The molecular weight excluding hydrogens is 294 g/mol. The number of aromatic nitrogens is 5. The van der Waals surface area contributed by atoms with Gasteiger partial charge in [0.25, 0.3) is 0 Å². The predicted molar refractivity (Wildman–Crippen MR) is 83.7 cm³/mol. The summed E-state index contributed by atoms with van der Waals surface area (Å²) in [4.78, 5) is 15.6. The van der Waals surface area contributed by atoms with Gasteiger partial charge in [0.1, 0.15) is 11.6 Å². The van der Waals surface area contributed by atoms with Gasteiger partial charge in [0.05, 0.1) is 16.9 Å². The van der Waals surface area contributed by atoms with Crippen molar-refractivity contribution in [1.29, 1.82) is 0 Å². The molecule has 2 aromatic heterocycles. The molecule has 0 bridgehead atoms. The molecular formula is C16H17N5O2. The molecule has 1 N–H and O–H groups in total. The fourth-order valence-corrected chi connectivity index (χ4v) is 2.40. The van der Waals surface area contributed by atoms with Crippen LogP contribution in [-0.2, 0) is 13.0 Å². The smallest absolute Gasteiger partial charge is 0.335 e. The largest absolute Gasteiger partial charge is 0.478 e. The zero-order valence-corrected chi connectivity index (χ0v) is 13.0. The highest BCUT2D eigenvalue weighted by molar-refractivity contribution is 5.88. The van der Waals surface area contributed by atoms with Crippen molar-refractivity contribution < 1.29 is 9.90 Å². The summed E-state index contributed by atoms with van der Waals surface area (Å²) in [6, 6.07) is 8.63. The first kappa shape index (κ1) is 15.0. The Hall–Kier alpha value is -2.96. The second kappa shape index (κ2) is 6.04. The molecule has 7 heteroatoms. The molecule has 0 saturated heterocycles. The van der Waals surface area contributed by atoms with Gasteiger partial charge in [-0.05, 0) is 38.1 Å². The van der Waals surface area contributed by atoms with Crippen molar-refractivity contribution in [3.05, 3.63) is 59.4 Å². The van der Waals surface area contributed by atoms with Crippen molar-refractivity contribution in [3.8, 4) is 5.69 Å². The van der Waals surface area contributed by atoms with E-state index >= 15 is 0 Å². The molecule has 2 heterocycles. The Morgan fingerprint density at radius 2 is 2.04 bits per heavy atom. The van der Waals surface area contributed by atoms with E-state index in [1.807, 2.05) is 36.9 Å². The average molecular weight is 311 g/mol. The second-order valence-corrected chi connectivity index (χ2v) is 5.31. The quantitative estimate of drug-likeness (QED) is 0.779. The number of rotatable bonds is 5. The fraction of sp³-hybridized carbons (Fsp3) is 0.250. The van der Waals surface area contributed by atoms with Crippen LogP contribution in [0.3, 0.4) is 0 Å². The van der Waals surface area contributed by atoms with Crippen LogP contribution in [0.4, 0.5) is 0 Å². The van der Waals surface area contributed by atoms with Crippen LogP contribution in [0.2, 0.25) is 0 Å². The molecule has 0 atom stereocenters. The Bertz CT molecular complexity index is 850. The van der Waals surface area contributed by atoms with Gasteiger partial charge in [-0.15, -0.1) is 0 Å². The second-order valence-electron chi connectivity index (χ2n) is 5.31. The minimum absolute atomic E-state index is 0.226. The lowest BCUT2D eigenvalue weighted by atomic mass is 10.2. The van der Waals surface area contributed by atoms with Crippen LogP contribution in [-0.4, -0.2) is 35.6 Å². The van der Waals surface area contributed by atoms with E-state index in [9.17, 15) is 4.79 Å². The van der Waals surface area contributed by atoms with Gasteiger partial charge in [-0.3, -0.25) is 4.68 Å². The lowest BCUT2D eigenvalue weighted by Crippen LogP contribution is -2.09. The molecule has 0 aliphatic carbocycles. The summed E-state index contributed by atoms with van der Waals surface area (Å²) in [5, 5.41) is 17.9. The Labute approximate surface area is 133 Å². The summed E-state index contributed by atoms with van der Waals surface area (Å²) in [5.41, 5.74) is 1.89. The summed E-state index contributed by atoms with van der Waals surface area (Å²) in [7, 11) is 0. The van der Waals surface area contributed by atoms with Gasteiger partial charge in [0.15, 0.2) is 0 Å². The normalized spacial score (nSPS) is 10.9. The topological polar surface area (TPSA) is 85.8 Å². The standard InChI is InChI=1S/C16H17N5O2/c1-11-6-8-20(18-11)9-7-15-17-12(2)19-21(15)14-5-3-4-13(10-14)16(22)23/h3-6,8,10H,7,9H2,1-2H3,(H,22,23). The van der Waals surface area contributed by atoms with E-state index in [4.69, 9.17) is 5.11 Å². The molecule has 1 aromatic carbocycles. The van der Waals surface area contributed by atoms with Crippen LogP contribution in [0.1, 0.15) is 27.7 Å². The third-order valence-electron chi connectivity index (χ3n) is 3.46. The third-order valence-corrected chi connectivity index (χ3v) is 3.46. The van der Waals surface area contributed by atoms with Gasteiger partial charge in [-0.1, -0.05) is 6.07 Å². The van der Waals surface area contributed by atoms with E-state index < -0.39 is 5.97 Å². The highest BCUT2D eigenvalue weighted by Gasteiger charge is 2.12. The Morgan fingerprint density at radius 3 is 2.74 bits per heavy atom. The third kappa shape index (κ3) is 3.28. The first-order valence-electron chi connectivity index (χ1n) is 7.29. The lowest BCUT2D eigenvalue weighted by Gasteiger charge is -2.07. The number of carboxylic acid groups (broad SMARTS) is 1. The van der Waals surface area contributed by atoms with E-state index in [2.05, 4.69) is 15.2 Å². The van der Waals surface area contributed by atoms with E-state index in [1.54, 1.807) is 22.9 Å². The molecule has 0 unspecified atom stereocenters. The van der Waals surface area contributed by atoms with Crippen molar-refractivity contribution in [1.82, 2.24) is 24.5 Å². The van der Waals surface area contributed by atoms with Crippen LogP contribution < -0.4 is 0 Å². The molecule has 0 radical (unpaired) electrons. The predicted octanol–water partition coefficient (Wildman–Crippen LogP) is 2.02. The molecule has 3 rings (SSSR count). The van der Waals surface area contributed by atoms with Gasteiger partial charge in [0.2, 0.25) is 0 Å². The molecule has 0 amide bonds. The summed E-state index contributed by atoms with van der Waals surface area (Å²) in [6.07, 6.45) is 2.58. The minimum Gasteiger partial charge on any atom is -0.478 e. The Kier molecular flexibility index (Phi) is 3.92. The van der Waals surface area contributed by atoms with Crippen molar-refractivity contribution in [2.45, 2.75) is 26.8 Å². The van der Waals surface area contributed by atoms with Crippen LogP contribution in [0.5, 0.6) is 0 Å². The van der Waals surface area contributed by atoms with Gasteiger partial charge < -0.3 is 5.11 Å². The zero-order valence-electron chi connectivity index (χ0n) is 13.0. The number of carbonyl (C=O) groups is 1. The molecule has 0 aliphatic heterocycles. The Morgan fingerprint density at radius 1 is 1.22 bits per heavy atom. The molecule has 23 heavy (non-hydrogen) atoms. The van der Waals surface area contributed by atoms with Crippen molar-refractivity contribution in [2.75, 3.05) is 0 Å². The maximum atomic E-state index is 11.1. The number of benzene rings is 1.